The van der Waals surface area contributed by atoms with Crippen molar-refractivity contribution in [1.29, 1.82) is 0 Å². The number of rotatable bonds is 5. The van der Waals surface area contributed by atoms with Gasteiger partial charge in [0.15, 0.2) is 5.96 Å². The second-order valence-corrected chi connectivity index (χ2v) is 7.48. The molecule has 6 nitrogen and oxygen atoms in total. The Bertz CT molecular complexity index is 639. The summed E-state index contributed by atoms with van der Waals surface area (Å²) in [6.07, 6.45) is 0. The third-order valence-electron chi connectivity index (χ3n) is 4.62. The Balaban J connectivity index is 1.91. The molecule has 1 aromatic carbocycles. The van der Waals surface area contributed by atoms with Crippen molar-refractivity contribution in [3.05, 3.63) is 29.3 Å². The van der Waals surface area contributed by atoms with Gasteiger partial charge in [-0.2, -0.15) is 0 Å². The van der Waals surface area contributed by atoms with Gasteiger partial charge in [0.1, 0.15) is 0 Å². The number of hydrogen-bond donors (Lipinski definition) is 2. The van der Waals surface area contributed by atoms with E-state index in [0.717, 1.165) is 42.8 Å². The van der Waals surface area contributed by atoms with Gasteiger partial charge in [-0.3, -0.25) is 9.79 Å². The van der Waals surface area contributed by atoms with Gasteiger partial charge < -0.3 is 20.4 Å². The first-order valence-corrected chi connectivity index (χ1v) is 9.50. The van der Waals surface area contributed by atoms with Gasteiger partial charge in [0.25, 0.3) is 0 Å². The minimum Gasteiger partial charge on any atom is -0.367 e. The number of aliphatic imine (C=N–C) groups is 1. The molecule has 0 saturated carbocycles. The van der Waals surface area contributed by atoms with Crippen molar-refractivity contribution < 1.29 is 4.79 Å². The maximum Gasteiger partial charge on any atom is 0.227 e. The van der Waals surface area contributed by atoms with Gasteiger partial charge in [-0.25, -0.2) is 0 Å². The van der Waals surface area contributed by atoms with Crippen molar-refractivity contribution in [2.24, 2.45) is 10.4 Å². The topological polar surface area (TPSA) is 60.0 Å². The van der Waals surface area contributed by atoms with E-state index in [9.17, 15) is 4.79 Å². The molecule has 144 valence electrons. The lowest BCUT2D eigenvalue weighted by molar-refractivity contribution is -0.128. The molecule has 0 spiro atoms. The number of para-hydroxylation sites is 1. The lowest BCUT2D eigenvalue weighted by atomic mass is 9.92. The first-order chi connectivity index (χ1) is 12.4. The van der Waals surface area contributed by atoms with E-state index in [-0.39, 0.29) is 5.91 Å². The molecule has 2 rings (SSSR count). The van der Waals surface area contributed by atoms with Crippen LogP contribution >= 0.6 is 11.6 Å². The van der Waals surface area contributed by atoms with Gasteiger partial charge in [-0.15, -0.1) is 0 Å². The standard InChI is InChI=1S/C19H30ClN5O/c1-5-22-17(26)19(2,3)14-23-18(21-4)25-12-10-24(11-13-25)16-9-7-6-8-15(16)20/h6-9H,5,10-14H2,1-4H3,(H,21,23)(H,22,26). The number of nitrogens with one attached hydrogen (secondary N) is 2. The van der Waals surface area contributed by atoms with E-state index in [2.05, 4.69) is 31.5 Å². The van der Waals surface area contributed by atoms with Gasteiger partial charge in [0.05, 0.1) is 16.1 Å². The summed E-state index contributed by atoms with van der Waals surface area (Å²) in [5.41, 5.74) is 0.583. The van der Waals surface area contributed by atoms with Crippen LogP contribution in [0.25, 0.3) is 0 Å². The molecule has 0 atom stereocenters. The Labute approximate surface area is 161 Å². The molecule has 1 aliphatic rings. The second kappa shape index (κ2) is 9.12. The summed E-state index contributed by atoms with van der Waals surface area (Å²) in [6, 6.07) is 7.94. The van der Waals surface area contributed by atoms with Crippen LogP contribution in [0.5, 0.6) is 0 Å². The summed E-state index contributed by atoms with van der Waals surface area (Å²) in [5.74, 6) is 0.882. The number of carbonyl (C=O) groups excluding carboxylic acids is 1. The van der Waals surface area contributed by atoms with Crippen LogP contribution in [-0.2, 0) is 4.79 Å². The molecule has 1 aromatic rings. The average molecular weight is 380 g/mol. The molecule has 1 fully saturated rings. The summed E-state index contributed by atoms with van der Waals surface area (Å²) >= 11 is 6.31. The molecule has 1 saturated heterocycles. The second-order valence-electron chi connectivity index (χ2n) is 7.07. The fraction of sp³-hybridized carbons (Fsp3) is 0.579. The monoisotopic (exact) mass is 379 g/mol. The van der Waals surface area contributed by atoms with E-state index >= 15 is 0 Å². The van der Waals surface area contributed by atoms with Crippen LogP contribution in [0.1, 0.15) is 20.8 Å². The van der Waals surface area contributed by atoms with Crippen molar-refractivity contribution in [2.75, 3.05) is 51.2 Å². The number of guanidine groups is 1. The van der Waals surface area contributed by atoms with E-state index in [1.807, 2.05) is 39.0 Å². The first-order valence-electron chi connectivity index (χ1n) is 9.12. The summed E-state index contributed by atoms with van der Waals surface area (Å²) in [4.78, 5) is 21.1. The van der Waals surface area contributed by atoms with Crippen molar-refractivity contribution in [3.63, 3.8) is 0 Å². The van der Waals surface area contributed by atoms with Crippen LogP contribution in [0.2, 0.25) is 5.02 Å². The molecular formula is C19H30ClN5O. The Morgan fingerprint density at radius 2 is 1.85 bits per heavy atom. The molecule has 0 radical (unpaired) electrons. The first kappa shape index (κ1) is 20.4. The normalized spacial score (nSPS) is 15.8. The quantitative estimate of drug-likeness (QED) is 0.608. The predicted molar refractivity (Wildman–Crippen MR) is 109 cm³/mol. The van der Waals surface area contributed by atoms with Crippen molar-refractivity contribution in [3.8, 4) is 0 Å². The van der Waals surface area contributed by atoms with Crippen LogP contribution in [0.3, 0.4) is 0 Å². The van der Waals surface area contributed by atoms with Crippen LogP contribution < -0.4 is 15.5 Å². The average Bonchev–Trinajstić information content (AvgIpc) is 2.63. The molecule has 1 heterocycles. The van der Waals surface area contributed by atoms with Gasteiger partial charge in [0.2, 0.25) is 5.91 Å². The highest BCUT2D eigenvalue weighted by molar-refractivity contribution is 6.33. The molecule has 1 aliphatic heterocycles. The fourth-order valence-corrected chi connectivity index (χ4v) is 3.24. The van der Waals surface area contributed by atoms with Crippen molar-refractivity contribution in [1.82, 2.24) is 15.5 Å². The summed E-state index contributed by atoms with van der Waals surface area (Å²) in [7, 11) is 1.78. The number of benzene rings is 1. The van der Waals surface area contributed by atoms with Gasteiger partial charge in [0, 0.05) is 46.3 Å². The lowest BCUT2D eigenvalue weighted by Gasteiger charge is -2.38. The highest BCUT2D eigenvalue weighted by Crippen LogP contribution is 2.26. The summed E-state index contributed by atoms with van der Waals surface area (Å²) in [5, 5.41) is 7.02. The van der Waals surface area contributed by atoms with Gasteiger partial charge in [-0.1, -0.05) is 23.7 Å². The highest BCUT2D eigenvalue weighted by atomic mass is 35.5. The number of piperazine rings is 1. The van der Waals surface area contributed by atoms with Gasteiger partial charge in [-0.05, 0) is 32.9 Å². The molecule has 2 N–H and O–H groups in total. The fourth-order valence-electron chi connectivity index (χ4n) is 2.98. The van der Waals surface area contributed by atoms with E-state index in [4.69, 9.17) is 11.6 Å². The highest BCUT2D eigenvalue weighted by Gasteiger charge is 2.28. The van der Waals surface area contributed by atoms with Crippen molar-refractivity contribution >= 4 is 29.2 Å². The summed E-state index contributed by atoms with van der Waals surface area (Å²) in [6.45, 7) is 10.4. The number of amides is 1. The van der Waals surface area contributed by atoms with E-state index in [1.165, 1.54) is 0 Å². The Hall–Kier alpha value is -1.95. The van der Waals surface area contributed by atoms with Gasteiger partial charge >= 0.3 is 0 Å². The summed E-state index contributed by atoms with van der Waals surface area (Å²) < 4.78 is 0. The lowest BCUT2D eigenvalue weighted by Crippen LogP contribution is -2.54. The molecule has 0 aromatic heterocycles. The number of nitrogens with zero attached hydrogens (tertiary/aromatic N) is 3. The Morgan fingerprint density at radius 3 is 2.42 bits per heavy atom. The molecule has 1 amide bonds. The maximum absolute atomic E-state index is 12.1. The zero-order valence-electron chi connectivity index (χ0n) is 16.2. The van der Waals surface area contributed by atoms with E-state index in [1.54, 1.807) is 7.05 Å². The largest absolute Gasteiger partial charge is 0.367 e. The van der Waals surface area contributed by atoms with Crippen molar-refractivity contribution in [2.45, 2.75) is 20.8 Å². The smallest absolute Gasteiger partial charge is 0.227 e. The molecule has 7 heteroatoms. The van der Waals surface area contributed by atoms with Crippen LogP contribution in [0.4, 0.5) is 5.69 Å². The van der Waals surface area contributed by atoms with E-state index < -0.39 is 5.41 Å². The number of hydrogen-bond acceptors (Lipinski definition) is 3. The molecular weight excluding hydrogens is 350 g/mol. The molecule has 26 heavy (non-hydrogen) atoms. The SMILES string of the molecule is CCNC(=O)C(C)(C)CNC(=NC)N1CCN(c2ccccc2Cl)CC1. The molecule has 0 aliphatic carbocycles. The zero-order valence-corrected chi connectivity index (χ0v) is 16.9. The molecule has 0 unspecified atom stereocenters. The predicted octanol–water partition coefficient (Wildman–Crippen LogP) is 2.20. The number of halogens is 1. The number of carbonyl (C=O) groups is 1. The third kappa shape index (κ3) is 5.04. The Kier molecular flexibility index (Phi) is 7.14. The molecule has 0 bridgehead atoms. The van der Waals surface area contributed by atoms with Crippen LogP contribution in [0.15, 0.2) is 29.3 Å². The minimum atomic E-state index is -0.495. The maximum atomic E-state index is 12.1. The third-order valence-corrected chi connectivity index (χ3v) is 4.94. The Morgan fingerprint density at radius 1 is 1.19 bits per heavy atom. The number of anilines is 1. The van der Waals surface area contributed by atoms with Crippen LogP contribution in [-0.4, -0.2) is 63.1 Å². The zero-order chi connectivity index (χ0) is 19.2. The minimum absolute atomic E-state index is 0.0477. The van der Waals surface area contributed by atoms with Crippen LogP contribution in [0, 0.1) is 5.41 Å². The van der Waals surface area contributed by atoms with E-state index in [0.29, 0.717) is 13.1 Å².